The Hall–Kier alpha value is -1.64. The molecule has 2 aromatic rings. The van der Waals surface area contributed by atoms with Gasteiger partial charge >= 0.3 is 0 Å². The van der Waals surface area contributed by atoms with Crippen molar-refractivity contribution in [3.63, 3.8) is 0 Å². The molecule has 0 bridgehead atoms. The number of hydrogen-bond donors (Lipinski definition) is 0. The average Bonchev–Trinajstić information content (AvgIpc) is 2.67. The Balaban J connectivity index is 2.36. The minimum atomic E-state index is 0.923. The Morgan fingerprint density at radius 2 is 2.00 bits per heavy atom. The van der Waals surface area contributed by atoms with E-state index in [1.807, 2.05) is 36.5 Å². The summed E-state index contributed by atoms with van der Waals surface area (Å²) in [6.07, 6.45) is 2.88. The van der Waals surface area contributed by atoms with E-state index in [4.69, 9.17) is 0 Å². The van der Waals surface area contributed by atoms with E-state index >= 15 is 0 Å². The van der Waals surface area contributed by atoms with Gasteiger partial charge in [-0.2, -0.15) is 0 Å². The molecular weight excluding hydrogens is 162 g/mol. The summed E-state index contributed by atoms with van der Waals surface area (Å²) in [5.74, 6) is 0. The van der Waals surface area contributed by atoms with Gasteiger partial charge in [-0.1, -0.05) is 30.3 Å². The largest absolute Gasteiger partial charge is 0.220 e. The van der Waals surface area contributed by atoms with E-state index in [1.165, 1.54) is 0 Å². The summed E-state index contributed by atoms with van der Waals surface area (Å²) < 4.78 is 1.79. The first-order chi connectivity index (χ1) is 6.40. The zero-order chi connectivity index (χ0) is 9.10. The molecule has 0 unspecified atom stereocenters. The highest BCUT2D eigenvalue weighted by molar-refractivity contribution is 5.29. The van der Waals surface area contributed by atoms with Crippen LogP contribution in [0.25, 0.3) is 5.69 Å². The summed E-state index contributed by atoms with van der Waals surface area (Å²) in [6, 6.07) is 9.98. The quantitative estimate of drug-likeness (QED) is 0.693. The number of aromatic nitrogens is 3. The zero-order valence-corrected chi connectivity index (χ0v) is 7.51. The molecule has 2 rings (SSSR count). The third kappa shape index (κ3) is 1.59. The minimum Gasteiger partial charge on any atom is -0.220 e. The van der Waals surface area contributed by atoms with Gasteiger partial charge in [0.1, 0.15) is 0 Å². The van der Waals surface area contributed by atoms with Crippen molar-refractivity contribution >= 4 is 0 Å². The van der Waals surface area contributed by atoms with E-state index in [2.05, 4.69) is 17.2 Å². The van der Waals surface area contributed by atoms with Gasteiger partial charge in [-0.3, -0.25) is 0 Å². The molecule has 0 aliphatic rings. The Labute approximate surface area is 77.0 Å². The van der Waals surface area contributed by atoms with Crippen LogP contribution in [0.2, 0.25) is 0 Å². The highest BCUT2D eigenvalue weighted by Crippen LogP contribution is 2.05. The molecule has 0 fully saturated rings. The van der Waals surface area contributed by atoms with Crippen LogP contribution >= 0.6 is 0 Å². The van der Waals surface area contributed by atoms with Crippen LogP contribution < -0.4 is 0 Å². The lowest BCUT2D eigenvalue weighted by atomic mass is 10.3. The van der Waals surface area contributed by atoms with Crippen molar-refractivity contribution in [1.82, 2.24) is 15.0 Å². The van der Waals surface area contributed by atoms with Crippen molar-refractivity contribution in [2.75, 3.05) is 0 Å². The van der Waals surface area contributed by atoms with Gasteiger partial charge in [0.15, 0.2) is 0 Å². The van der Waals surface area contributed by atoms with Gasteiger partial charge in [0, 0.05) is 0 Å². The zero-order valence-electron chi connectivity index (χ0n) is 7.51. The van der Waals surface area contributed by atoms with E-state index in [9.17, 15) is 0 Å². The lowest BCUT2D eigenvalue weighted by molar-refractivity contribution is 0.798. The second-order valence-corrected chi connectivity index (χ2v) is 2.84. The van der Waals surface area contributed by atoms with Crippen molar-refractivity contribution in [2.24, 2.45) is 0 Å². The maximum Gasteiger partial charge on any atom is 0.0829 e. The maximum atomic E-state index is 4.02. The molecule has 0 amide bonds. The highest BCUT2D eigenvalue weighted by atomic mass is 15.4. The molecule has 1 aromatic carbocycles. The lowest BCUT2D eigenvalue weighted by Gasteiger charge is -1.96. The second-order valence-electron chi connectivity index (χ2n) is 2.84. The van der Waals surface area contributed by atoms with Gasteiger partial charge in [-0.25, -0.2) is 4.68 Å². The standard InChI is InChI=1S/C10H11N3/c1-2-9-8-13(12-11-9)10-6-4-3-5-7-10/h3-8H,2H2,1H3. The highest BCUT2D eigenvalue weighted by Gasteiger charge is 1.98. The molecule has 66 valence electrons. The predicted molar refractivity (Wildman–Crippen MR) is 50.7 cm³/mol. The number of aryl methyl sites for hydroxylation is 1. The fourth-order valence-corrected chi connectivity index (χ4v) is 1.17. The summed E-state index contributed by atoms with van der Waals surface area (Å²) in [5.41, 5.74) is 2.07. The third-order valence-electron chi connectivity index (χ3n) is 1.92. The molecular formula is C10H11N3. The number of benzene rings is 1. The molecule has 0 spiro atoms. The molecule has 1 aromatic heterocycles. The van der Waals surface area contributed by atoms with Crippen LogP contribution in [0.3, 0.4) is 0 Å². The van der Waals surface area contributed by atoms with Gasteiger partial charge in [-0.05, 0) is 18.6 Å². The van der Waals surface area contributed by atoms with Crippen molar-refractivity contribution in [1.29, 1.82) is 0 Å². The lowest BCUT2D eigenvalue weighted by Crippen LogP contribution is -1.93. The van der Waals surface area contributed by atoms with Crippen LogP contribution in [0.1, 0.15) is 12.6 Å². The van der Waals surface area contributed by atoms with E-state index in [0.717, 1.165) is 17.8 Å². The smallest absolute Gasteiger partial charge is 0.0829 e. The van der Waals surface area contributed by atoms with Gasteiger partial charge in [-0.15, -0.1) is 5.10 Å². The number of para-hydroxylation sites is 1. The molecule has 1 heterocycles. The van der Waals surface area contributed by atoms with E-state index in [-0.39, 0.29) is 0 Å². The molecule has 0 aliphatic heterocycles. The van der Waals surface area contributed by atoms with Gasteiger partial charge in [0.2, 0.25) is 0 Å². The molecule has 3 heteroatoms. The van der Waals surface area contributed by atoms with Crippen molar-refractivity contribution < 1.29 is 0 Å². The first-order valence-electron chi connectivity index (χ1n) is 4.37. The SMILES string of the molecule is CCc1cn(-c2ccccc2)nn1. The topological polar surface area (TPSA) is 30.7 Å². The summed E-state index contributed by atoms with van der Waals surface area (Å²) >= 11 is 0. The Bertz CT molecular complexity index is 378. The molecule has 0 N–H and O–H groups in total. The van der Waals surface area contributed by atoms with E-state index in [0.29, 0.717) is 0 Å². The average molecular weight is 173 g/mol. The summed E-state index contributed by atoms with van der Waals surface area (Å²) in [6.45, 7) is 2.07. The second kappa shape index (κ2) is 3.39. The molecule has 0 aliphatic carbocycles. The first kappa shape index (κ1) is 7.98. The number of nitrogens with zero attached hydrogens (tertiary/aromatic N) is 3. The minimum absolute atomic E-state index is 0.923. The van der Waals surface area contributed by atoms with Crippen LogP contribution in [0.15, 0.2) is 36.5 Å². The van der Waals surface area contributed by atoms with Crippen LogP contribution in [0.5, 0.6) is 0 Å². The normalized spacial score (nSPS) is 10.2. The Morgan fingerprint density at radius 1 is 1.23 bits per heavy atom. The van der Waals surface area contributed by atoms with E-state index < -0.39 is 0 Å². The fourth-order valence-electron chi connectivity index (χ4n) is 1.17. The van der Waals surface area contributed by atoms with Gasteiger partial charge in [0.05, 0.1) is 17.6 Å². The molecule has 0 saturated carbocycles. The Kier molecular flexibility index (Phi) is 2.08. The first-order valence-corrected chi connectivity index (χ1v) is 4.37. The number of hydrogen-bond acceptors (Lipinski definition) is 2. The monoisotopic (exact) mass is 173 g/mol. The van der Waals surface area contributed by atoms with Crippen LogP contribution in [0.4, 0.5) is 0 Å². The van der Waals surface area contributed by atoms with Crippen molar-refractivity contribution in [3.8, 4) is 5.69 Å². The third-order valence-corrected chi connectivity index (χ3v) is 1.92. The van der Waals surface area contributed by atoms with Crippen molar-refractivity contribution in [3.05, 3.63) is 42.2 Å². The summed E-state index contributed by atoms with van der Waals surface area (Å²) in [5, 5.41) is 8.05. The molecule has 0 radical (unpaired) electrons. The Morgan fingerprint density at radius 3 is 2.62 bits per heavy atom. The molecule has 13 heavy (non-hydrogen) atoms. The maximum absolute atomic E-state index is 4.02. The number of rotatable bonds is 2. The van der Waals surface area contributed by atoms with Crippen LogP contribution in [-0.2, 0) is 6.42 Å². The fraction of sp³-hybridized carbons (Fsp3) is 0.200. The summed E-state index contributed by atoms with van der Waals surface area (Å²) in [4.78, 5) is 0. The van der Waals surface area contributed by atoms with Gasteiger partial charge in [0.25, 0.3) is 0 Å². The van der Waals surface area contributed by atoms with Crippen LogP contribution in [0, 0.1) is 0 Å². The molecule has 0 atom stereocenters. The molecule has 3 nitrogen and oxygen atoms in total. The summed E-state index contributed by atoms with van der Waals surface area (Å²) in [7, 11) is 0. The molecule has 0 saturated heterocycles. The predicted octanol–water partition coefficient (Wildman–Crippen LogP) is 1.83. The van der Waals surface area contributed by atoms with Crippen molar-refractivity contribution in [2.45, 2.75) is 13.3 Å². The van der Waals surface area contributed by atoms with E-state index in [1.54, 1.807) is 4.68 Å². The van der Waals surface area contributed by atoms with Gasteiger partial charge < -0.3 is 0 Å². The van der Waals surface area contributed by atoms with Crippen LogP contribution in [-0.4, -0.2) is 15.0 Å².